The van der Waals surface area contributed by atoms with E-state index in [1.165, 1.54) is 12.5 Å². The number of benzene rings is 1. The second kappa shape index (κ2) is 11.2. The summed E-state index contributed by atoms with van der Waals surface area (Å²) >= 11 is 0. The van der Waals surface area contributed by atoms with Gasteiger partial charge in [0, 0.05) is 36.1 Å². The molecule has 0 aliphatic heterocycles. The number of guanidine groups is 1. The first-order valence-corrected chi connectivity index (χ1v) is 11.7. The lowest BCUT2D eigenvalue weighted by Gasteiger charge is -2.32. The van der Waals surface area contributed by atoms with E-state index in [1.807, 2.05) is 0 Å². The van der Waals surface area contributed by atoms with Crippen molar-refractivity contribution in [3.05, 3.63) is 53.9 Å². The number of anilines is 1. The van der Waals surface area contributed by atoms with Crippen LogP contribution in [-0.2, 0) is 0 Å². The molecule has 0 radical (unpaired) electrons. The van der Waals surface area contributed by atoms with Crippen molar-refractivity contribution in [2.75, 3.05) is 5.32 Å². The summed E-state index contributed by atoms with van der Waals surface area (Å²) in [7, 11) is 0. The quantitative estimate of drug-likeness (QED) is 0.462. The summed E-state index contributed by atoms with van der Waals surface area (Å²) in [6.07, 6.45) is 12.6. The van der Waals surface area contributed by atoms with Crippen LogP contribution in [0.3, 0.4) is 0 Å². The minimum atomic E-state index is -1.06. The Balaban J connectivity index is 1.39. The number of aromatic nitrogens is 2. The number of nitrogens with one attached hydrogen (secondary N) is 3. The molecule has 4 rings (SSSR count). The summed E-state index contributed by atoms with van der Waals surface area (Å²) in [4.78, 5) is 25.3. The van der Waals surface area contributed by atoms with E-state index >= 15 is 0 Å². The molecule has 7 nitrogen and oxygen atoms in total. The molecule has 2 saturated carbocycles. The van der Waals surface area contributed by atoms with Gasteiger partial charge >= 0.3 is 0 Å². The van der Waals surface area contributed by atoms with E-state index in [0.717, 1.165) is 63.5 Å². The molecule has 0 bridgehead atoms. The van der Waals surface area contributed by atoms with Gasteiger partial charge in [-0.05, 0) is 62.8 Å². The number of rotatable bonds is 5. The Kier molecular flexibility index (Phi) is 7.80. The molecule has 9 heteroatoms. The van der Waals surface area contributed by atoms with Gasteiger partial charge in [-0.25, -0.2) is 18.7 Å². The molecule has 0 spiro atoms. The second-order valence-corrected chi connectivity index (χ2v) is 8.78. The highest BCUT2D eigenvalue weighted by Gasteiger charge is 2.24. The van der Waals surface area contributed by atoms with Crippen molar-refractivity contribution in [2.24, 2.45) is 4.99 Å². The monoisotopic (exact) mass is 456 g/mol. The van der Waals surface area contributed by atoms with Crippen molar-refractivity contribution in [2.45, 2.75) is 75.9 Å². The number of nitrogens with zero attached hydrogens (tertiary/aromatic N) is 3. The zero-order valence-electron chi connectivity index (χ0n) is 18.6. The number of hydrogen-bond acceptors (Lipinski definition) is 4. The van der Waals surface area contributed by atoms with Crippen LogP contribution in [0.2, 0.25) is 0 Å². The Morgan fingerprint density at radius 2 is 1.48 bits per heavy atom. The predicted molar refractivity (Wildman–Crippen MR) is 123 cm³/mol. The molecule has 1 aromatic heterocycles. The van der Waals surface area contributed by atoms with Gasteiger partial charge in [0.1, 0.15) is 0 Å². The van der Waals surface area contributed by atoms with Crippen molar-refractivity contribution in [1.29, 1.82) is 0 Å². The fourth-order valence-electron chi connectivity index (χ4n) is 4.47. The number of halogens is 2. The zero-order chi connectivity index (χ0) is 23.0. The molecule has 1 heterocycles. The van der Waals surface area contributed by atoms with Gasteiger partial charge in [0.15, 0.2) is 17.6 Å². The van der Waals surface area contributed by atoms with Gasteiger partial charge in [-0.2, -0.15) is 4.99 Å². The molecule has 176 valence electrons. The van der Waals surface area contributed by atoms with Crippen LogP contribution in [0.1, 0.15) is 68.1 Å². The summed E-state index contributed by atoms with van der Waals surface area (Å²) in [5.41, 5.74) is 0.0226. The average Bonchev–Trinajstić information content (AvgIpc) is 2.83. The molecule has 2 aliphatic carbocycles. The smallest absolute Gasteiger partial charge is 0.280 e. The topological polar surface area (TPSA) is 91.3 Å². The van der Waals surface area contributed by atoms with Gasteiger partial charge in [0.05, 0.1) is 0 Å². The molecule has 0 saturated heterocycles. The second-order valence-electron chi connectivity index (χ2n) is 8.78. The molecule has 1 aromatic carbocycles. The summed E-state index contributed by atoms with van der Waals surface area (Å²) in [5, 5.41) is 10.2. The largest absolute Gasteiger partial charge is 0.353 e. The lowest BCUT2D eigenvalue weighted by Crippen LogP contribution is -2.49. The average molecular weight is 457 g/mol. The molecule has 2 fully saturated rings. The van der Waals surface area contributed by atoms with Crippen LogP contribution in [0.25, 0.3) is 0 Å². The number of hydrogen-bond donors (Lipinski definition) is 3. The Bertz CT molecular complexity index is 957. The first kappa shape index (κ1) is 23.1. The van der Waals surface area contributed by atoms with E-state index in [-0.39, 0.29) is 17.6 Å². The Morgan fingerprint density at radius 3 is 2.15 bits per heavy atom. The van der Waals surface area contributed by atoms with E-state index in [9.17, 15) is 13.6 Å². The third kappa shape index (κ3) is 6.69. The van der Waals surface area contributed by atoms with E-state index in [1.54, 1.807) is 18.5 Å². The van der Waals surface area contributed by atoms with Crippen LogP contribution in [0.5, 0.6) is 0 Å². The summed E-state index contributed by atoms with van der Waals surface area (Å²) in [5.74, 6) is -1.59. The van der Waals surface area contributed by atoms with E-state index in [2.05, 4.69) is 30.9 Å². The molecular weight excluding hydrogens is 426 g/mol. The Labute approximate surface area is 192 Å². The third-order valence-electron chi connectivity index (χ3n) is 6.29. The van der Waals surface area contributed by atoms with Crippen molar-refractivity contribution in [1.82, 2.24) is 20.6 Å². The van der Waals surface area contributed by atoms with Crippen LogP contribution >= 0.6 is 0 Å². The van der Waals surface area contributed by atoms with Crippen LogP contribution in [0.4, 0.5) is 14.7 Å². The molecular formula is C24H30F2N6O. The molecule has 1 amide bonds. The molecule has 0 atom stereocenters. The highest BCUT2D eigenvalue weighted by Crippen LogP contribution is 2.22. The number of aliphatic imine (C=N–C) groups is 1. The van der Waals surface area contributed by atoms with Gasteiger partial charge in [-0.1, -0.05) is 19.3 Å². The standard InChI is InChI=1S/C24H30F2N6O/c25-20-12-7-16(15-21(20)26)22(33)32-24(30-17-5-2-1-3-6-17)31-19-10-8-18(9-11-19)29-23-27-13-4-14-28-23/h4,7,12-15,17-19H,1-3,5-6,8-11H2,(H,27,28,29)(H2,30,31,32,33)/t18-,19-. The fraction of sp³-hybridized carbons (Fsp3) is 0.500. The number of carbonyl (C=O) groups excluding carboxylic acids is 1. The first-order valence-electron chi connectivity index (χ1n) is 11.7. The van der Waals surface area contributed by atoms with Gasteiger partial charge in [-0.15, -0.1) is 0 Å². The summed E-state index contributed by atoms with van der Waals surface area (Å²) in [6, 6.07) is 5.58. The van der Waals surface area contributed by atoms with Crippen molar-refractivity contribution in [3.63, 3.8) is 0 Å². The lowest BCUT2D eigenvalue weighted by atomic mass is 9.91. The summed E-state index contributed by atoms with van der Waals surface area (Å²) in [6.45, 7) is 0. The predicted octanol–water partition coefficient (Wildman–Crippen LogP) is 4.19. The highest BCUT2D eigenvalue weighted by molar-refractivity contribution is 6.02. The Hall–Kier alpha value is -3.10. The zero-order valence-corrected chi connectivity index (χ0v) is 18.6. The lowest BCUT2D eigenvalue weighted by molar-refractivity contribution is 0.100. The third-order valence-corrected chi connectivity index (χ3v) is 6.29. The van der Waals surface area contributed by atoms with Gasteiger partial charge in [-0.3, -0.25) is 4.79 Å². The number of amides is 1. The highest BCUT2D eigenvalue weighted by atomic mass is 19.2. The molecule has 3 N–H and O–H groups in total. The maximum absolute atomic E-state index is 13.6. The van der Waals surface area contributed by atoms with Crippen molar-refractivity contribution in [3.8, 4) is 0 Å². The van der Waals surface area contributed by atoms with Crippen LogP contribution in [0.15, 0.2) is 41.7 Å². The molecule has 2 aliphatic rings. The van der Waals surface area contributed by atoms with Crippen molar-refractivity contribution >= 4 is 17.8 Å². The van der Waals surface area contributed by atoms with Gasteiger partial charge in [0.2, 0.25) is 5.95 Å². The normalized spacial score (nSPS) is 21.9. The van der Waals surface area contributed by atoms with Gasteiger partial charge in [0.25, 0.3) is 5.91 Å². The van der Waals surface area contributed by atoms with E-state index in [0.29, 0.717) is 17.9 Å². The minimum absolute atomic E-state index is 0.0226. The molecule has 33 heavy (non-hydrogen) atoms. The summed E-state index contributed by atoms with van der Waals surface area (Å²) < 4.78 is 26.8. The van der Waals surface area contributed by atoms with Crippen LogP contribution < -0.4 is 16.0 Å². The maximum atomic E-state index is 13.6. The minimum Gasteiger partial charge on any atom is -0.353 e. The molecule has 2 aromatic rings. The fourth-order valence-corrected chi connectivity index (χ4v) is 4.47. The van der Waals surface area contributed by atoms with Crippen LogP contribution in [-0.4, -0.2) is 40.0 Å². The Morgan fingerprint density at radius 1 is 0.848 bits per heavy atom. The number of carbonyl (C=O) groups is 1. The SMILES string of the molecule is O=C(/N=C(/NC1CCCCC1)N[C@H]1CC[C@H](Nc2ncccn2)CC1)c1ccc(F)c(F)c1. The first-order chi connectivity index (χ1) is 16.1. The van der Waals surface area contributed by atoms with Crippen molar-refractivity contribution < 1.29 is 13.6 Å². The van der Waals surface area contributed by atoms with E-state index in [4.69, 9.17) is 0 Å². The van der Waals surface area contributed by atoms with Crippen LogP contribution in [0, 0.1) is 11.6 Å². The van der Waals surface area contributed by atoms with Gasteiger partial charge < -0.3 is 16.0 Å². The molecule has 0 unspecified atom stereocenters. The maximum Gasteiger partial charge on any atom is 0.280 e. The van der Waals surface area contributed by atoms with E-state index < -0.39 is 17.5 Å².